The van der Waals surface area contributed by atoms with Crippen LogP contribution >= 0.6 is 0 Å². The van der Waals surface area contributed by atoms with E-state index in [9.17, 15) is 14.4 Å². The second kappa shape index (κ2) is 8.63. The first kappa shape index (κ1) is 21.6. The third kappa shape index (κ3) is 4.02. The van der Waals surface area contributed by atoms with Crippen molar-refractivity contribution < 1.29 is 19.1 Å². The van der Waals surface area contributed by atoms with E-state index in [1.54, 1.807) is 0 Å². The zero-order chi connectivity index (χ0) is 22.9. The Morgan fingerprint density at radius 1 is 0.970 bits per heavy atom. The van der Waals surface area contributed by atoms with Gasteiger partial charge in [0.05, 0.1) is 0 Å². The number of carbonyl (C=O) groups is 3. The molecule has 5 rings (SSSR count). The van der Waals surface area contributed by atoms with Gasteiger partial charge in [0, 0.05) is 31.6 Å². The molecule has 3 aliphatic rings. The van der Waals surface area contributed by atoms with Gasteiger partial charge in [0.2, 0.25) is 5.91 Å². The molecule has 33 heavy (non-hydrogen) atoms. The Kier molecular flexibility index (Phi) is 5.66. The molecule has 2 aromatic rings. The Hall–Kier alpha value is -3.19. The van der Waals surface area contributed by atoms with Crippen molar-refractivity contribution in [3.05, 3.63) is 71.3 Å². The number of hydrogen-bond donors (Lipinski definition) is 2. The molecule has 0 saturated carbocycles. The molecule has 2 heterocycles. The molecule has 1 spiro atoms. The first-order valence-electron chi connectivity index (χ1n) is 11.6. The van der Waals surface area contributed by atoms with Crippen molar-refractivity contribution in [2.45, 2.75) is 43.1 Å². The maximum Gasteiger partial charge on any atom is 0.325 e. The summed E-state index contributed by atoms with van der Waals surface area (Å²) >= 11 is 0. The number of aryl methyl sites for hydroxylation is 1. The lowest BCUT2D eigenvalue weighted by Crippen LogP contribution is -2.52. The smallest absolute Gasteiger partial charge is 0.325 e. The van der Waals surface area contributed by atoms with E-state index in [1.807, 2.05) is 36.4 Å². The number of urea groups is 1. The van der Waals surface area contributed by atoms with Crippen LogP contribution in [0.1, 0.15) is 36.0 Å². The fraction of sp³-hybridized carbons (Fsp3) is 0.423. The van der Waals surface area contributed by atoms with Crippen LogP contribution in [0.25, 0.3) is 0 Å². The van der Waals surface area contributed by atoms with Crippen molar-refractivity contribution in [2.24, 2.45) is 0 Å². The van der Waals surface area contributed by atoms with Gasteiger partial charge in [-0.1, -0.05) is 54.6 Å². The van der Waals surface area contributed by atoms with E-state index in [2.05, 4.69) is 28.8 Å². The molecule has 0 bridgehead atoms. The monoisotopic (exact) mass is 447 g/mol. The fourth-order valence-corrected chi connectivity index (χ4v) is 5.43. The van der Waals surface area contributed by atoms with Crippen LogP contribution in [0.5, 0.6) is 0 Å². The van der Waals surface area contributed by atoms with Crippen molar-refractivity contribution in [2.75, 3.05) is 26.3 Å². The van der Waals surface area contributed by atoms with Crippen LogP contribution in [0.4, 0.5) is 4.79 Å². The molecule has 2 saturated heterocycles. The summed E-state index contributed by atoms with van der Waals surface area (Å²) in [5.41, 5.74) is 2.30. The minimum absolute atomic E-state index is 0.208. The minimum atomic E-state index is -0.947. The first-order valence-corrected chi connectivity index (χ1v) is 11.6. The Morgan fingerprint density at radius 3 is 2.42 bits per heavy atom. The first-order chi connectivity index (χ1) is 16.0. The van der Waals surface area contributed by atoms with E-state index in [0.717, 1.165) is 29.7 Å². The zero-order valence-corrected chi connectivity index (χ0v) is 18.6. The lowest BCUT2D eigenvalue weighted by molar-refractivity contribution is -0.135. The highest BCUT2D eigenvalue weighted by Gasteiger charge is 2.52. The molecule has 2 N–H and O–H groups in total. The SMILES string of the molecule is O=C(CN1C(=O)NC2(CCc3ccccc3C2)C1=O)NCC1(c2ccccc2)CCOCC1. The summed E-state index contributed by atoms with van der Waals surface area (Å²) in [4.78, 5) is 39.9. The van der Waals surface area contributed by atoms with Crippen LogP contribution in [0.15, 0.2) is 54.6 Å². The van der Waals surface area contributed by atoms with Crippen LogP contribution in [-0.4, -0.2) is 54.6 Å². The molecule has 172 valence electrons. The molecule has 4 amide bonds. The molecule has 0 aromatic heterocycles. The number of imide groups is 1. The second-order valence-corrected chi connectivity index (χ2v) is 9.38. The maximum atomic E-state index is 13.3. The predicted octanol–water partition coefficient (Wildman–Crippen LogP) is 2.33. The summed E-state index contributed by atoms with van der Waals surface area (Å²) in [6.07, 6.45) is 3.35. The number of ether oxygens (including phenoxy) is 1. The highest BCUT2D eigenvalue weighted by atomic mass is 16.5. The molecule has 2 aromatic carbocycles. The number of fused-ring (bicyclic) bond motifs is 1. The number of benzene rings is 2. The number of nitrogens with one attached hydrogen (secondary N) is 2. The molecule has 1 atom stereocenters. The molecular weight excluding hydrogens is 418 g/mol. The van der Waals surface area contributed by atoms with Gasteiger partial charge < -0.3 is 15.4 Å². The number of carbonyl (C=O) groups excluding carboxylic acids is 3. The highest BCUT2D eigenvalue weighted by molar-refractivity contribution is 6.09. The normalized spacial score (nSPS) is 23.8. The van der Waals surface area contributed by atoms with E-state index in [0.29, 0.717) is 32.6 Å². The maximum absolute atomic E-state index is 13.3. The molecule has 2 aliphatic heterocycles. The minimum Gasteiger partial charge on any atom is -0.381 e. The number of nitrogens with zero attached hydrogens (tertiary/aromatic N) is 1. The van der Waals surface area contributed by atoms with Gasteiger partial charge in [0.25, 0.3) is 5.91 Å². The molecular formula is C26H29N3O4. The van der Waals surface area contributed by atoms with E-state index in [1.165, 1.54) is 11.1 Å². The molecule has 0 radical (unpaired) electrons. The van der Waals surface area contributed by atoms with E-state index < -0.39 is 11.6 Å². The lowest BCUT2D eigenvalue weighted by Gasteiger charge is -2.38. The van der Waals surface area contributed by atoms with E-state index in [4.69, 9.17) is 4.74 Å². The van der Waals surface area contributed by atoms with Gasteiger partial charge in [-0.2, -0.15) is 0 Å². The van der Waals surface area contributed by atoms with Gasteiger partial charge in [0.1, 0.15) is 12.1 Å². The average Bonchev–Trinajstić information content (AvgIpc) is 3.07. The Morgan fingerprint density at radius 2 is 1.67 bits per heavy atom. The van der Waals surface area contributed by atoms with Crippen molar-refractivity contribution >= 4 is 17.8 Å². The van der Waals surface area contributed by atoms with E-state index in [-0.39, 0.29) is 23.8 Å². The van der Waals surface area contributed by atoms with Crippen molar-refractivity contribution in [1.82, 2.24) is 15.5 Å². The van der Waals surface area contributed by atoms with Gasteiger partial charge in [0.15, 0.2) is 0 Å². The Bertz CT molecular complexity index is 1060. The third-order valence-corrected chi connectivity index (χ3v) is 7.44. The summed E-state index contributed by atoms with van der Waals surface area (Å²) < 4.78 is 5.56. The summed E-state index contributed by atoms with van der Waals surface area (Å²) in [5.74, 6) is -0.630. The Labute approximate surface area is 193 Å². The summed E-state index contributed by atoms with van der Waals surface area (Å²) in [6, 6.07) is 17.7. The van der Waals surface area contributed by atoms with Crippen molar-refractivity contribution in [1.29, 1.82) is 0 Å². The van der Waals surface area contributed by atoms with Gasteiger partial charge in [-0.15, -0.1) is 0 Å². The zero-order valence-electron chi connectivity index (χ0n) is 18.6. The van der Waals surface area contributed by atoms with Crippen LogP contribution in [0.3, 0.4) is 0 Å². The van der Waals surface area contributed by atoms with Crippen LogP contribution in [0, 0.1) is 0 Å². The molecule has 1 aliphatic carbocycles. The van der Waals surface area contributed by atoms with Gasteiger partial charge >= 0.3 is 6.03 Å². The Balaban J connectivity index is 1.25. The topological polar surface area (TPSA) is 87.7 Å². The quantitative estimate of drug-likeness (QED) is 0.689. The summed E-state index contributed by atoms with van der Waals surface area (Å²) in [6.45, 7) is 1.46. The molecule has 2 fully saturated rings. The van der Waals surface area contributed by atoms with Gasteiger partial charge in [-0.05, 0) is 42.4 Å². The average molecular weight is 448 g/mol. The van der Waals surface area contributed by atoms with Crippen LogP contribution in [-0.2, 0) is 32.6 Å². The second-order valence-electron chi connectivity index (χ2n) is 9.38. The lowest BCUT2D eigenvalue weighted by atomic mass is 9.74. The number of hydrogen-bond acceptors (Lipinski definition) is 4. The van der Waals surface area contributed by atoms with Gasteiger partial charge in [-0.3, -0.25) is 14.5 Å². The molecule has 7 heteroatoms. The van der Waals surface area contributed by atoms with Crippen molar-refractivity contribution in [3.8, 4) is 0 Å². The number of rotatable bonds is 5. The summed E-state index contributed by atoms with van der Waals surface area (Å²) in [7, 11) is 0. The highest BCUT2D eigenvalue weighted by Crippen LogP contribution is 2.35. The summed E-state index contributed by atoms with van der Waals surface area (Å²) in [5, 5.41) is 5.89. The van der Waals surface area contributed by atoms with Gasteiger partial charge in [-0.25, -0.2) is 4.79 Å². The third-order valence-electron chi connectivity index (χ3n) is 7.44. The fourth-order valence-electron chi connectivity index (χ4n) is 5.43. The van der Waals surface area contributed by atoms with Crippen molar-refractivity contribution in [3.63, 3.8) is 0 Å². The standard InChI is InChI=1S/C26H29N3O4/c30-22(27-18-25(12-14-33-15-13-25)21-8-2-1-3-9-21)17-29-23(31)26(28-24(29)32)11-10-19-6-4-5-7-20(19)16-26/h1-9H,10-18H2,(H,27,30)(H,28,32). The van der Waals surface area contributed by atoms with Crippen LogP contribution in [0.2, 0.25) is 0 Å². The predicted molar refractivity (Wildman–Crippen MR) is 123 cm³/mol. The van der Waals surface area contributed by atoms with E-state index >= 15 is 0 Å². The number of amides is 4. The van der Waals surface area contributed by atoms with Crippen LogP contribution < -0.4 is 10.6 Å². The largest absolute Gasteiger partial charge is 0.381 e. The molecule has 1 unspecified atom stereocenters. The molecule has 7 nitrogen and oxygen atoms in total.